The standard InChI is InChI=1S/C47H42N8O/c1-2-16-42-48-41-30-31-43(53-32-15-14-25-44(53)56)49-46(41)54(42)33-34-26-28-35(29-27-34)39-23-12-13-24-40(39)45-50-51-52-55(45)47(36-17-6-3-7-18-36,37-19-8-4-9-20-37)38-21-10-5-11-22-38/h3-13,17-24,26-31H,2,14-16,25,32-33H2,1H3. The highest BCUT2D eigenvalue weighted by atomic mass is 16.2. The zero-order valence-corrected chi connectivity index (χ0v) is 31.4. The Morgan fingerprint density at radius 2 is 1.29 bits per heavy atom. The lowest BCUT2D eigenvalue weighted by Crippen LogP contribution is -2.39. The molecule has 0 radical (unpaired) electrons. The van der Waals surface area contributed by atoms with Gasteiger partial charge in [0.1, 0.15) is 22.7 Å². The van der Waals surface area contributed by atoms with Gasteiger partial charge in [0.05, 0.1) is 6.54 Å². The number of carbonyl (C=O) groups excluding carboxylic acids is 1. The first-order valence-electron chi connectivity index (χ1n) is 19.5. The van der Waals surface area contributed by atoms with Gasteiger partial charge in [-0.25, -0.2) is 14.6 Å². The van der Waals surface area contributed by atoms with Crippen LogP contribution in [-0.4, -0.2) is 47.2 Å². The smallest absolute Gasteiger partial charge is 0.228 e. The Balaban J connectivity index is 1.11. The summed E-state index contributed by atoms with van der Waals surface area (Å²) in [5, 5.41) is 13.9. The Morgan fingerprint density at radius 1 is 0.661 bits per heavy atom. The van der Waals surface area contributed by atoms with E-state index < -0.39 is 5.54 Å². The van der Waals surface area contributed by atoms with Gasteiger partial charge in [0.15, 0.2) is 11.5 Å². The minimum Gasteiger partial charge on any atom is -0.308 e. The lowest BCUT2D eigenvalue weighted by Gasteiger charge is -2.36. The molecule has 1 saturated heterocycles. The number of aryl methyl sites for hydroxylation is 1. The van der Waals surface area contributed by atoms with Crippen LogP contribution in [0.3, 0.4) is 0 Å². The molecule has 0 saturated carbocycles. The second-order valence-electron chi connectivity index (χ2n) is 14.3. The fraction of sp³-hybridized carbons (Fsp3) is 0.191. The molecular formula is C47H42N8O. The largest absolute Gasteiger partial charge is 0.308 e. The van der Waals surface area contributed by atoms with E-state index in [0.29, 0.717) is 31.2 Å². The highest BCUT2D eigenvalue weighted by molar-refractivity contribution is 5.94. The van der Waals surface area contributed by atoms with Crippen LogP contribution in [0.1, 0.15) is 60.7 Å². The molecule has 1 aliphatic heterocycles. The Kier molecular flexibility index (Phi) is 9.49. The lowest BCUT2D eigenvalue weighted by molar-refractivity contribution is -0.119. The minimum atomic E-state index is -0.863. The van der Waals surface area contributed by atoms with Gasteiger partial charge in [-0.15, -0.1) is 5.10 Å². The number of piperidine rings is 1. The molecule has 0 unspecified atom stereocenters. The summed E-state index contributed by atoms with van der Waals surface area (Å²) in [6, 6.07) is 52.4. The summed E-state index contributed by atoms with van der Waals surface area (Å²) in [7, 11) is 0. The minimum absolute atomic E-state index is 0.138. The van der Waals surface area contributed by atoms with Gasteiger partial charge in [-0.1, -0.05) is 146 Å². The third-order valence-electron chi connectivity index (χ3n) is 10.9. The SMILES string of the molecule is CCCc1nc2ccc(N3CCCCC3=O)nc2n1Cc1ccc(-c2ccccc2-c2nnnn2C(c2ccccc2)(c2ccccc2)c2ccccc2)cc1. The van der Waals surface area contributed by atoms with E-state index in [1.807, 2.05) is 46.0 Å². The maximum atomic E-state index is 12.8. The van der Waals surface area contributed by atoms with E-state index in [9.17, 15) is 4.79 Å². The first kappa shape index (κ1) is 35.0. The van der Waals surface area contributed by atoms with Crippen LogP contribution >= 0.6 is 0 Å². The predicted molar refractivity (Wildman–Crippen MR) is 220 cm³/mol. The molecule has 5 aromatic carbocycles. The van der Waals surface area contributed by atoms with Crippen LogP contribution < -0.4 is 4.90 Å². The van der Waals surface area contributed by atoms with Gasteiger partial charge in [0.2, 0.25) is 5.91 Å². The third kappa shape index (κ3) is 6.24. The number of aromatic nitrogens is 7. The number of hydrogen-bond acceptors (Lipinski definition) is 6. The second kappa shape index (κ2) is 15.2. The molecule has 0 aliphatic carbocycles. The molecule has 0 N–H and O–H groups in total. The van der Waals surface area contributed by atoms with Crippen LogP contribution in [0.15, 0.2) is 152 Å². The van der Waals surface area contributed by atoms with Crippen molar-refractivity contribution in [1.82, 2.24) is 34.7 Å². The summed E-state index contributed by atoms with van der Waals surface area (Å²) < 4.78 is 4.20. The quantitative estimate of drug-likeness (QED) is 0.123. The molecule has 9 nitrogen and oxygen atoms in total. The fourth-order valence-corrected chi connectivity index (χ4v) is 8.21. The van der Waals surface area contributed by atoms with Crippen molar-refractivity contribution in [1.29, 1.82) is 0 Å². The predicted octanol–water partition coefficient (Wildman–Crippen LogP) is 9.11. The molecule has 0 spiro atoms. The zero-order chi connectivity index (χ0) is 37.9. The van der Waals surface area contributed by atoms with Gasteiger partial charge in [-0.2, -0.15) is 0 Å². The van der Waals surface area contributed by atoms with E-state index in [1.54, 1.807) is 0 Å². The first-order valence-corrected chi connectivity index (χ1v) is 19.5. The van der Waals surface area contributed by atoms with Crippen molar-refractivity contribution < 1.29 is 4.79 Å². The lowest BCUT2D eigenvalue weighted by atomic mass is 9.77. The fourth-order valence-electron chi connectivity index (χ4n) is 8.21. The van der Waals surface area contributed by atoms with Crippen molar-refractivity contribution in [2.24, 2.45) is 0 Å². The molecule has 3 aromatic heterocycles. The Bertz CT molecular complexity index is 2500. The molecule has 276 valence electrons. The van der Waals surface area contributed by atoms with Crippen molar-refractivity contribution in [3.05, 3.63) is 180 Å². The average molecular weight is 735 g/mol. The van der Waals surface area contributed by atoms with Gasteiger partial charge in [0.25, 0.3) is 0 Å². The molecule has 56 heavy (non-hydrogen) atoms. The van der Waals surface area contributed by atoms with Gasteiger partial charge >= 0.3 is 0 Å². The van der Waals surface area contributed by atoms with E-state index >= 15 is 0 Å². The second-order valence-corrected chi connectivity index (χ2v) is 14.3. The zero-order valence-electron chi connectivity index (χ0n) is 31.4. The first-order chi connectivity index (χ1) is 27.6. The summed E-state index contributed by atoms with van der Waals surface area (Å²) in [5.74, 6) is 2.50. The number of anilines is 1. The van der Waals surface area contributed by atoms with Gasteiger partial charge < -0.3 is 4.57 Å². The highest BCUT2D eigenvalue weighted by Gasteiger charge is 2.42. The topological polar surface area (TPSA) is 94.6 Å². The summed E-state index contributed by atoms with van der Waals surface area (Å²) in [5.41, 5.74) is 8.07. The number of carbonyl (C=O) groups is 1. The Morgan fingerprint density at radius 3 is 1.91 bits per heavy atom. The number of pyridine rings is 1. The average Bonchev–Trinajstić information content (AvgIpc) is 3.88. The number of hydrogen-bond donors (Lipinski definition) is 0. The molecular weight excluding hydrogens is 693 g/mol. The molecule has 0 atom stereocenters. The van der Waals surface area contributed by atoms with Gasteiger partial charge in [-0.05, 0) is 75.2 Å². The van der Waals surface area contributed by atoms with Crippen molar-refractivity contribution in [3.63, 3.8) is 0 Å². The summed E-state index contributed by atoms with van der Waals surface area (Å²) >= 11 is 0. The molecule has 9 rings (SSSR count). The highest BCUT2D eigenvalue weighted by Crippen LogP contribution is 2.43. The summed E-state index contributed by atoms with van der Waals surface area (Å²) in [4.78, 5) is 24.6. The van der Waals surface area contributed by atoms with E-state index in [2.05, 4.69) is 132 Å². The molecule has 1 fully saturated rings. The molecule has 0 bridgehead atoms. The molecule has 1 amide bonds. The number of tetrazole rings is 1. The van der Waals surface area contributed by atoms with Crippen LogP contribution in [0.5, 0.6) is 0 Å². The normalized spacial score (nSPS) is 13.4. The van der Waals surface area contributed by atoms with E-state index in [4.69, 9.17) is 20.3 Å². The number of rotatable bonds is 11. The summed E-state index contributed by atoms with van der Waals surface area (Å²) in [6.45, 7) is 3.49. The Labute approximate surface area is 326 Å². The van der Waals surface area contributed by atoms with Crippen LogP contribution in [0.2, 0.25) is 0 Å². The summed E-state index contributed by atoms with van der Waals surface area (Å²) in [6.07, 6.45) is 4.30. The monoisotopic (exact) mass is 734 g/mol. The molecule has 8 aromatic rings. The van der Waals surface area contributed by atoms with E-state index in [-0.39, 0.29) is 5.91 Å². The van der Waals surface area contributed by atoms with Crippen molar-refractivity contribution in [3.8, 4) is 22.5 Å². The van der Waals surface area contributed by atoms with Crippen LogP contribution in [0, 0.1) is 0 Å². The molecule has 1 aliphatic rings. The third-order valence-corrected chi connectivity index (χ3v) is 10.9. The molecule has 4 heterocycles. The Hall–Kier alpha value is -6.74. The number of imidazole rings is 1. The van der Waals surface area contributed by atoms with E-state index in [1.165, 1.54) is 0 Å². The van der Waals surface area contributed by atoms with Gasteiger partial charge in [-0.3, -0.25) is 9.69 Å². The van der Waals surface area contributed by atoms with Crippen LogP contribution in [-0.2, 0) is 23.3 Å². The van der Waals surface area contributed by atoms with Crippen molar-refractivity contribution >= 4 is 22.9 Å². The van der Waals surface area contributed by atoms with Crippen molar-refractivity contribution in [2.45, 2.75) is 51.1 Å². The number of nitrogens with zero attached hydrogens (tertiary/aromatic N) is 8. The van der Waals surface area contributed by atoms with Crippen molar-refractivity contribution in [2.75, 3.05) is 11.4 Å². The van der Waals surface area contributed by atoms with Crippen LogP contribution in [0.4, 0.5) is 5.82 Å². The van der Waals surface area contributed by atoms with E-state index in [0.717, 1.165) is 81.6 Å². The van der Waals surface area contributed by atoms with Crippen LogP contribution in [0.25, 0.3) is 33.7 Å². The number of fused-ring (bicyclic) bond motifs is 1. The number of benzene rings is 5. The van der Waals surface area contributed by atoms with Gasteiger partial charge in [0, 0.05) is 24.9 Å². The number of amides is 1. The maximum Gasteiger partial charge on any atom is 0.228 e. The molecule has 9 heteroatoms. The maximum absolute atomic E-state index is 12.8.